The van der Waals surface area contributed by atoms with Crippen molar-refractivity contribution in [2.75, 3.05) is 17.3 Å². The van der Waals surface area contributed by atoms with Gasteiger partial charge in [0.25, 0.3) is 5.91 Å². The molecule has 8 heteroatoms. The van der Waals surface area contributed by atoms with E-state index >= 15 is 0 Å². The van der Waals surface area contributed by atoms with E-state index in [1.165, 1.54) is 0 Å². The lowest BCUT2D eigenvalue weighted by molar-refractivity contribution is -0.119. The van der Waals surface area contributed by atoms with Crippen molar-refractivity contribution in [1.82, 2.24) is 10.3 Å². The van der Waals surface area contributed by atoms with Crippen LogP contribution in [0.15, 0.2) is 84.0 Å². The molecule has 0 bridgehead atoms. The van der Waals surface area contributed by atoms with Gasteiger partial charge in [0.2, 0.25) is 6.17 Å². The molecular weight excluding hydrogens is 454 g/mol. The van der Waals surface area contributed by atoms with Gasteiger partial charge < -0.3 is 20.5 Å². The fourth-order valence-electron chi connectivity index (χ4n) is 3.89. The number of fused-ring (bicyclic) bond motifs is 2. The van der Waals surface area contributed by atoms with E-state index in [2.05, 4.69) is 15.6 Å². The van der Waals surface area contributed by atoms with Gasteiger partial charge in [-0.1, -0.05) is 41.9 Å². The van der Waals surface area contributed by atoms with Gasteiger partial charge in [0.1, 0.15) is 0 Å². The van der Waals surface area contributed by atoms with Crippen LogP contribution in [0, 0.1) is 0 Å². The van der Waals surface area contributed by atoms with E-state index in [0.29, 0.717) is 15.8 Å². The molecule has 4 aromatic rings. The van der Waals surface area contributed by atoms with Crippen molar-refractivity contribution >= 4 is 62.8 Å². The lowest BCUT2D eigenvalue weighted by Crippen LogP contribution is -2.47. The van der Waals surface area contributed by atoms with Gasteiger partial charge in [-0.2, -0.15) is 0 Å². The number of aliphatic imine (C=N–C) groups is 1. The van der Waals surface area contributed by atoms with Crippen LogP contribution >= 0.6 is 23.8 Å². The molecule has 164 valence electrons. The van der Waals surface area contributed by atoms with Crippen LogP contribution in [-0.4, -0.2) is 34.9 Å². The molecular formula is C25H20ClN5OS. The number of hydrogen-bond donors (Lipinski definition) is 3. The van der Waals surface area contributed by atoms with Gasteiger partial charge in [0, 0.05) is 46.0 Å². The summed E-state index contributed by atoms with van der Waals surface area (Å²) >= 11 is 11.8. The largest absolute Gasteiger partial charge is 0.361 e. The molecule has 0 fully saturated rings. The number of halogens is 1. The Balaban J connectivity index is 1.49. The summed E-state index contributed by atoms with van der Waals surface area (Å²) in [6.07, 6.45) is 0.974. The first-order valence-electron chi connectivity index (χ1n) is 10.3. The third-order valence-electron chi connectivity index (χ3n) is 5.52. The number of nitrogens with zero attached hydrogens (tertiary/aromatic N) is 2. The van der Waals surface area contributed by atoms with Gasteiger partial charge in [-0.25, -0.2) is 4.99 Å². The predicted molar refractivity (Wildman–Crippen MR) is 138 cm³/mol. The van der Waals surface area contributed by atoms with E-state index in [0.717, 1.165) is 33.4 Å². The van der Waals surface area contributed by atoms with Crippen molar-refractivity contribution in [3.63, 3.8) is 0 Å². The summed E-state index contributed by atoms with van der Waals surface area (Å²) in [5, 5.41) is 8.17. The third kappa shape index (κ3) is 4.20. The highest BCUT2D eigenvalue weighted by Gasteiger charge is 2.30. The van der Waals surface area contributed by atoms with Crippen LogP contribution in [0.5, 0.6) is 0 Å². The zero-order valence-corrected chi connectivity index (χ0v) is 19.2. The Morgan fingerprint density at radius 3 is 2.73 bits per heavy atom. The molecule has 0 saturated heterocycles. The van der Waals surface area contributed by atoms with Crippen molar-refractivity contribution in [2.45, 2.75) is 6.17 Å². The first-order valence-corrected chi connectivity index (χ1v) is 11.1. The zero-order chi connectivity index (χ0) is 22.9. The summed E-state index contributed by atoms with van der Waals surface area (Å²) in [6, 6.07) is 23.0. The normalized spacial score (nSPS) is 15.6. The molecule has 2 heterocycles. The van der Waals surface area contributed by atoms with Gasteiger partial charge >= 0.3 is 0 Å². The number of benzene rings is 3. The predicted octanol–water partition coefficient (Wildman–Crippen LogP) is 4.95. The molecule has 1 unspecified atom stereocenters. The van der Waals surface area contributed by atoms with Gasteiger partial charge in [0.15, 0.2) is 5.11 Å². The minimum absolute atomic E-state index is 0.227. The third-order valence-corrected chi connectivity index (χ3v) is 5.98. The Labute approximate surface area is 201 Å². The topological polar surface area (TPSA) is 72.5 Å². The maximum atomic E-state index is 13.3. The highest BCUT2D eigenvalue weighted by atomic mass is 35.5. The average molecular weight is 474 g/mol. The fourth-order valence-corrected chi connectivity index (χ4v) is 4.29. The first-order chi connectivity index (χ1) is 16.0. The average Bonchev–Trinajstić information content (AvgIpc) is 3.26. The standard InChI is InChI=1S/C25H20ClN5OS/c1-31-21-10-7-17(26)14-19(21)22(15-5-3-2-4-6-15)29-23(24(31)32)30-25(33)28-18-8-9-20-16(13-18)11-12-27-20/h2-14,23,27H,1H3,(H2,28,30,33). The monoisotopic (exact) mass is 473 g/mol. The number of amides is 1. The van der Waals surface area contributed by atoms with E-state index in [4.69, 9.17) is 28.8 Å². The van der Waals surface area contributed by atoms with Crippen molar-refractivity contribution in [1.29, 1.82) is 0 Å². The summed E-state index contributed by atoms with van der Waals surface area (Å²) < 4.78 is 0. The van der Waals surface area contributed by atoms with Crippen LogP contribution in [0.2, 0.25) is 5.02 Å². The van der Waals surface area contributed by atoms with Gasteiger partial charge in [-0.3, -0.25) is 4.79 Å². The number of aromatic nitrogens is 1. The number of anilines is 2. The molecule has 33 heavy (non-hydrogen) atoms. The number of carbonyl (C=O) groups excluding carboxylic acids is 1. The Morgan fingerprint density at radius 2 is 1.91 bits per heavy atom. The van der Waals surface area contributed by atoms with E-state index in [9.17, 15) is 4.79 Å². The highest BCUT2D eigenvalue weighted by Crippen LogP contribution is 2.30. The Hall–Kier alpha value is -3.68. The lowest BCUT2D eigenvalue weighted by Gasteiger charge is -2.22. The van der Waals surface area contributed by atoms with Crippen LogP contribution in [0.4, 0.5) is 11.4 Å². The quantitative estimate of drug-likeness (QED) is 0.368. The smallest absolute Gasteiger partial charge is 0.272 e. The number of nitrogens with one attached hydrogen (secondary N) is 3. The van der Waals surface area contributed by atoms with E-state index < -0.39 is 6.17 Å². The van der Waals surface area contributed by atoms with Crippen molar-refractivity contribution in [3.8, 4) is 0 Å². The molecule has 1 atom stereocenters. The van der Waals surface area contributed by atoms with Crippen molar-refractivity contribution in [2.24, 2.45) is 4.99 Å². The molecule has 3 N–H and O–H groups in total. The molecule has 0 saturated carbocycles. The SMILES string of the molecule is CN1C(=O)C(NC(=S)Nc2ccc3[nH]ccc3c2)N=C(c2ccccc2)c2cc(Cl)ccc21. The summed E-state index contributed by atoms with van der Waals surface area (Å²) in [5.74, 6) is -0.227. The molecule has 1 aromatic heterocycles. The number of carbonyl (C=O) groups is 1. The molecule has 0 spiro atoms. The van der Waals surface area contributed by atoms with E-state index in [1.807, 2.05) is 72.9 Å². The second kappa shape index (κ2) is 8.69. The van der Waals surface area contributed by atoms with Crippen LogP contribution in [0.25, 0.3) is 10.9 Å². The first kappa shape index (κ1) is 21.2. The number of thiocarbonyl (C=S) groups is 1. The molecule has 0 aliphatic carbocycles. The van der Waals surface area contributed by atoms with Crippen LogP contribution in [0.3, 0.4) is 0 Å². The van der Waals surface area contributed by atoms with Gasteiger partial charge in [-0.05, 0) is 54.7 Å². The molecule has 5 rings (SSSR count). The minimum Gasteiger partial charge on any atom is -0.361 e. The summed E-state index contributed by atoms with van der Waals surface area (Å²) in [4.78, 5) is 22.9. The van der Waals surface area contributed by atoms with Crippen LogP contribution < -0.4 is 15.5 Å². The van der Waals surface area contributed by atoms with E-state index in [1.54, 1.807) is 18.0 Å². The van der Waals surface area contributed by atoms with Crippen molar-refractivity contribution < 1.29 is 4.79 Å². The number of rotatable bonds is 3. The van der Waals surface area contributed by atoms with Gasteiger partial charge in [-0.15, -0.1) is 0 Å². The molecule has 1 aliphatic rings. The summed E-state index contributed by atoms with van der Waals surface area (Å²) in [5.41, 5.74) is 4.91. The Bertz CT molecular complexity index is 1400. The number of aromatic amines is 1. The molecule has 1 aliphatic heterocycles. The number of benzodiazepines with no additional fused rings is 1. The summed E-state index contributed by atoms with van der Waals surface area (Å²) in [7, 11) is 1.73. The second-order valence-corrected chi connectivity index (χ2v) is 8.53. The van der Waals surface area contributed by atoms with Crippen molar-refractivity contribution in [3.05, 3.63) is 95.1 Å². The lowest BCUT2D eigenvalue weighted by atomic mass is 10.0. The summed E-state index contributed by atoms with van der Waals surface area (Å²) in [6.45, 7) is 0. The molecule has 3 aromatic carbocycles. The van der Waals surface area contributed by atoms with Gasteiger partial charge in [0.05, 0.1) is 11.4 Å². The Kier molecular flexibility index (Phi) is 5.58. The van der Waals surface area contributed by atoms with Crippen LogP contribution in [0.1, 0.15) is 11.1 Å². The van der Waals surface area contributed by atoms with E-state index in [-0.39, 0.29) is 5.91 Å². The number of likely N-dealkylation sites (N-methyl/N-ethyl adjacent to an activating group) is 1. The minimum atomic E-state index is -0.910. The molecule has 6 nitrogen and oxygen atoms in total. The highest BCUT2D eigenvalue weighted by molar-refractivity contribution is 7.80. The maximum absolute atomic E-state index is 13.3. The molecule has 1 amide bonds. The fraction of sp³-hybridized carbons (Fsp3) is 0.0800. The molecule has 0 radical (unpaired) electrons. The maximum Gasteiger partial charge on any atom is 0.272 e. The Morgan fingerprint density at radius 1 is 1.09 bits per heavy atom. The zero-order valence-electron chi connectivity index (χ0n) is 17.7. The second-order valence-electron chi connectivity index (χ2n) is 7.68. The number of H-pyrrole nitrogens is 1. The number of hydrogen-bond acceptors (Lipinski definition) is 3. The van der Waals surface area contributed by atoms with Crippen LogP contribution in [-0.2, 0) is 4.79 Å².